The van der Waals surface area contributed by atoms with Crippen LogP contribution in [-0.2, 0) is 4.79 Å². The lowest BCUT2D eigenvalue weighted by molar-refractivity contribution is -0.133. The van der Waals surface area contributed by atoms with E-state index in [2.05, 4.69) is 4.90 Å². The number of carbonyl (C=O) groups excluding carboxylic acids is 1. The lowest BCUT2D eigenvalue weighted by Crippen LogP contribution is -2.50. The van der Waals surface area contributed by atoms with E-state index in [-0.39, 0.29) is 12.5 Å². The summed E-state index contributed by atoms with van der Waals surface area (Å²) in [5.41, 5.74) is 1.13. The smallest absolute Gasteiger partial charge is 0.260 e. The van der Waals surface area contributed by atoms with Crippen LogP contribution in [0, 0.1) is 0 Å². The fraction of sp³-hybridized carbons (Fsp3) is 0.316. The van der Waals surface area contributed by atoms with Gasteiger partial charge in [0.1, 0.15) is 0 Å². The van der Waals surface area contributed by atoms with Gasteiger partial charge in [-0.25, -0.2) is 0 Å². The van der Waals surface area contributed by atoms with Gasteiger partial charge in [0.25, 0.3) is 5.91 Å². The Morgan fingerprint density at radius 3 is 2.28 bits per heavy atom. The van der Waals surface area contributed by atoms with Gasteiger partial charge in [0.05, 0.1) is 7.11 Å². The number of nitrogens with zero attached hydrogens (tertiary/aromatic N) is 2. The van der Waals surface area contributed by atoms with Crippen molar-refractivity contribution in [3.05, 3.63) is 53.6 Å². The lowest BCUT2D eigenvalue weighted by atomic mass is 10.2. The van der Waals surface area contributed by atoms with Gasteiger partial charge in [0.2, 0.25) is 0 Å². The Morgan fingerprint density at radius 1 is 1.00 bits per heavy atom. The number of amides is 1. The first-order valence-corrected chi connectivity index (χ1v) is 8.59. The fourth-order valence-corrected chi connectivity index (χ4v) is 2.96. The maximum Gasteiger partial charge on any atom is 0.260 e. The van der Waals surface area contributed by atoms with E-state index in [1.807, 2.05) is 47.4 Å². The first-order valence-electron chi connectivity index (χ1n) is 8.21. The van der Waals surface area contributed by atoms with Gasteiger partial charge in [0.15, 0.2) is 18.1 Å². The van der Waals surface area contributed by atoms with Crippen LogP contribution < -0.4 is 14.4 Å². The van der Waals surface area contributed by atoms with Crippen molar-refractivity contribution >= 4 is 23.2 Å². The minimum absolute atomic E-state index is 0.0123. The van der Waals surface area contributed by atoms with Gasteiger partial charge in [-0.3, -0.25) is 4.79 Å². The molecule has 1 aliphatic rings. The molecule has 0 unspecified atom stereocenters. The van der Waals surface area contributed by atoms with Crippen molar-refractivity contribution < 1.29 is 14.3 Å². The summed E-state index contributed by atoms with van der Waals surface area (Å²) in [6.45, 7) is 2.96. The molecule has 1 amide bonds. The molecular formula is C19H21ClN2O3. The summed E-state index contributed by atoms with van der Waals surface area (Å²) in [5, 5.41) is 0.728. The molecule has 25 heavy (non-hydrogen) atoms. The molecule has 1 fully saturated rings. The van der Waals surface area contributed by atoms with E-state index >= 15 is 0 Å². The van der Waals surface area contributed by atoms with Crippen molar-refractivity contribution in [1.82, 2.24) is 4.90 Å². The highest BCUT2D eigenvalue weighted by atomic mass is 35.5. The van der Waals surface area contributed by atoms with Crippen molar-refractivity contribution in [2.24, 2.45) is 0 Å². The quantitative estimate of drug-likeness (QED) is 0.821. The zero-order valence-electron chi connectivity index (χ0n) is 14.2. The third-order valence-electron chi connectivity index (χ3n) is 4.24. The molecule has 3 rings (SSSR count). The summed E-state index contributed by atoms with van der Waals surface area (Å²) in [6.07, 6.45) is 0. The molecule has 2 aromatic carbocycles. The fourth-order valence-electron chi connectivity index (χ4n) is 2.83. The number of ether oxygens (including phenoxy) is 2. The molecule has 0 atom stereocenters. The molecule has 0 spiro atoms. The summed E-state index contributed by atoms with van der Waals surface area (Å²) in [4.78, 5) is 16.5. The summed E-state index contributed by atoms with van der Waals surface area (Å²) in [5.74, 6) is 1.20. The molecule has 0 aliphatic carbocycles. The topological polar surface area (TPSA) is 42.0 Å². The largest absolute Gasteiger partial charge is 0.493 e. The molecule has 132 valence electrons. The molecular weight excluding hydrogens is 340 g/mol. The lowest BCUT2D eigenvalue weighted by Gasteiger charge is -2.36. The number of anilines is 1. The summed E-state index contributed by atoms with van der Waals surface area (Å²) in [7, 11) is 1.58. The molecule has 1 saturated heterocycles. The number of methoxy groups -OCH3 is 1. The molecule has 5 nitrogen and oxygen atoms in total. The van der Waals surface area contributed by atoms with E-state index in [0.717, 1.165) is 23.8 Å². The Kier molecular flexibility index (Phi) is 5.66. The van der Waals surface area contributed by atoms with Crippen molar-refractivity contribution in [3.8, 4) is 11.5 Å². The van der Waals surface area contributed by atoms with E-state index in [4.69, 9.17) is 21.1 Å². The van der Waals surface area contributed by atoms with Crippen LogP contribution in [0.1, 0.15) is 0 Å². The normalized spacial score (nSPS) is 14.3. The van der Waals surface area contributed by atoms with Crippen LogP contribution in [0.5, 0.6) is 11.5 Å². The summed E-state index contributed by atoms with van der Waals surface area (Å²) < 4.78 is 10.9. The molecule has 0 N–H and O–H groups in total. The number of hydrogen-bond donors (Lipinski definition) is 0. The van der Waals surface area contributed by atoms with Crippen LogP contribution in [0.25, 0.3) is 0 Å². The third-order valence-corrected chi connectivity index (χ3v) is 4.50. The summed E-state index contributed by atoms with van der Waals surface area (Å²) in [6, 6.07) is 15.1. The van der Waals surface area contributed by atoms with Crippen molar-refractivity contribution in [2.45, 2.75) is 0 Å². The van der Waals surface area contributed by atoms with E-state index in [9.17, 15) is 4.79 Å². The minimum Gasteiger partial charge on any atom is -0.493 e. The van der Waals surface area contributed by atoms with Crippen LogP contribution in [0.4, 0.5) is 5.69 Å². The Labute approximate surface area is 152 Å². The Bertz CT molecular complexity index is 713. The number of rotatable bonds is 5. The average Bonchev–Trinajstić information content (AvgIpc) is 2.67. The zero-order chi connectivity index (χ0) is 17.6. The van der Waals surface area contributed by atoms with Crippen molar-refractivity contribution in [1.29, 1.82) is 0 Å². The molecule has 0 saturated carbocycles. The SMILES string of the molecule is COc1ccccc1OCC(=O)N1CCN(c2ccc(Cl)cc2)CC1. The monoisotopic (exact) mass is 360 g/mol. The first kappa shape index (κ1) is 17.4. The van der Waals surface area contributed by atoms with E-state index < -0.39 is 0 Å². The first-order chi connectivity index (χ1) is 12.2. The predicted molar refractivity (Wildman–Crippen MR) is 98.7 cm³/mol. The van der Waals surface area contributed by atoms with Gasteiger partial charge in [-0.2, -0.15) is 0 Å². The zero-order valence-corrected chi connectivity index (χ0v) is 14.9. The molecule has 2 aromatic rings. The van der Waals surface area contributed by atoms with Gasteiger partial charge in [-0.05, 0) is 36.4 Å². The van der Waals surface area contributed by atoms with E-state index in [1.165, 1.54) is 0 Å². The van der Waals surface area contributed by atoms with Crippen LogP contribution >= 0.6 is 11.6 Å². The highest BCUT2D eigenvalue weighted by molar-refractivity contribution is 6.30. The number of hydrogen-bond acceptors (Lipinski definition) is 4. The van der Waals surface area contributed by atoms with Gasteiger partial charge in [0, 0.05) is 36.9 Å². The van der Waals surface area contributed by atoms with Crippen LogP contribution in [0.15, 0.2) is 48.5 Å². The maximum atomic E-state index is 12.4. The minimum atomic E-state index is -0.0123. The standard InChI is InChI=1S/C19H21ClN2O3/c1-24-17-4-2-3-5-18(17)25-14-19(23)22-12-10-21(11-13-22)16-8-6-15(20)7-9-16/h2-9H,10-14H2,1H3. The number of halogens is 1. The number of benzene rings is 2. The van der Waals surface area contributed by atoms with Crippen LogP contribution in [0.3, 0.4) is 0 Å². The molecule has 1 aliphatic heterocycles. The number of para-hydroxylation sites is 2. The van der Waals surface area contributed by atoms with Gasteiger partial charge >= 0.3 is 0 Å². The number of carbonyl (C=O) groups is 1. The van der Waals surface area contributed by atoms with E-state index in [1.54, 1.807) is 13.2 Å². The molecule has 0 aromatic heterocycles. The predicted octanol–water partition coefficient (Wildman–Crippen LogP) is 3.08. The highest BCUT2D eigenvalue weighted by Gasteiger charge is 2.21. The van der Waals surface area contributed by atoms with Crippen LogP contribution in [-0.4, -0.2) is 50.7 Å². The third kappa shape index (κ3) is 4.37. The highest BCUT2D eigenvalue weighted by Crippen LogP contribution is 2.26. The van der Waals surface area contributed by atoms with Crippen molar-refractivity contribution in [2.75, 3.05) is 44.8 Å². The molecule has 0 bridgehead atoms. The second kappa shape index (κ2) is 8.12. The average molecular weight is 361 g/mol. The van der Waals surface area contributed by atoms with Crippen molar-refractivity contribution in [3.63, 3.8) is 0 Å². The second-order valence-electron chi connectivity index (χ2n) is 5.78. The van der Waals surface area contributed by atoms with Crippen LogP contribution in [0.2, 0.25) is 5.02 Å². The second-order valence-corrected chi connectivity index (χ2v) is 6.22. The molecule has 6 heteroatoms. The number of piperazine rings is 1. The van der Waals surface area contributed by atoms with Gasteiger partial charge < -0.3 is 19.3 Å². The Hall–Kier alpha value is -2.40. The van der Waals surface area contributed by atoms with E-state index in [0.29, 0.717) is 24.6 Å². The summed E-state index contributed by atoms with van der Waals surface area (Å²) >= 11 is 5.93. The van der Waals surface area contributed by atoms with Gasteiger partial charge in [-0.1, -0.05) is 23.7 Å². The van der Waals surface area contributed by atoms with Gasteiger partial charge in [-0.15, -0.1) is 0 Å². The molecule has 1 heterocycles. The Morgan fingerprint density at radius 2 is 1.64 bits per heavy atom. The Balaban J connectivity index is 1.50. The molecule has 0 radical (unpaired) electrons. The maximum absolute atomic E-state index is 12.4.